The van der Waals surface area contributed by atoms with Gasteiger partial charge < -0.3 is 15.7 Å². The van der Waals surface area contributed by atoms with E-state index in [0.29, 0.717) is 16.9 Å². The summed E-state index contributed by atoms with van der Waals surface area (Å²) in [7, 11) is 0. The third-order valence-electron chi connectivity index (χ3n) is 4.91. The third kappa shape index (κ3) is 5.78. The molecule has 0 radical (unpaired) electrons. The lowest BCUT2D eigenvalue weighted by molar-refractivity contribution is -0.113. The highest BCUT2D eigenvalue weighted by Crippen LogP contribution is 2.22. The minimum Gasteiger partial charge on any atom is -0.478 e. The average Bonchev–Trinajstić information content (AvgIpc) is 2.83. The molecule has 0 bridgehead atoms. The highest BCUT2D eigenvalue weighted by Gasteiger charge is 2.09. The second kappa shape index (κ2) is 10.0. The Kier molecular flexibility index (Phi) is 6.71. The monoisotopic (exact) mass is 456 g/mol. The molecule has 0 spiro atoms. The number of carbonyl (C=O) groups is 3. The molecule has 164 valence electrons. The van der Waals surface area contributed by atoms with E-state index in [1.165, 1.54) is 23.9 Å². The van der Waals surface area contributed by atoms with Crippen molar-refractivity contribution < 1.29 is 19.5 Å². The molecule has 0 atom stereocenters. The number of fused-ring (bicyclic) bond motifs is 1. The number of benzene rings is 4. The number of anilines is 2. The van der Waals surface area contributed by atoms with Crippen LogP contribution in [-0.4, -0.2) is 28.6 Å². The zero-order valence-corrected chi connectivity index (χ0v) is 18.3. The molecule has 33 heavy (non-hydrogen) atoms. The van der Waals surface area contributed by atoms with Crippen molar-refractivity contribution in [3.63, 3.8) is 0 Å². The highest BCUT2D eigenvalue weighted by molar-refractivity contribution is 8.00. The molecule has 0 aromatic heterocycles. The Labute approximate surface area is 194 Å². The van der Waals surface area contributed by atoms with Gasteiger partial charge >= 0.3 is 5.97 Å². The molecule has 2 amide bonds. The molecule has 4 aromatic rings. The Morgan fingerprint density at radius 2 is 1.30 bits per heavy atom. The van der Waals surface area contributed by atoms with E-state index in [1.54, 1.807) is 30.3 Å². The van der Waals surface area contributed by atoms with Gasteiger partial charge in [0.15, 0.2) is 0 Å². The van der Waals surface area contributed by atoms with Crippen LogP contribution in [0.25, 0.3) is 10.8 Å². The van der Waals surface area contributed by atoms with Crippen LogP contribution in [0.3, 0.4) is 0 Å². The molecule has 7 heteroatoms. The van der Waals surface area contributed by atoms with E-state index in [9.17, 15) is 14.4 Å². The maximum absolute atomic E-state index is 12.6. The van der Waals surface area contributed by atoms with Crippen LogP contribution in [0.1, 0.15) is 20.7 Å². The van der Waals surface area contributed by atoms with Gasteiger partial charge in [-0.25, -0.2) is 4.79 Å². The molecule has 4 rings (SSSR count). The fourth-order valence-electron chi connectivity index (χ4n) is 3.21. The van der Waals surface area contributed by atoms with Crippen molar-refractivity contribution >= 4 is 51.7 Å². The van der Waals surface area contributed by atoms with Crippen molar-refractivity contribution in [1.29, 1.82) is 0 Å². The lowest BCUT2D eigenvalue weighted by Gasteiger charge is -2.08. The molecular weight excluding hydrogens is 436 g/mol. The summed E-state index contributed by atoms with van der Waals surface area (Å²) in [4.78, 5) is 36.5. The maximum atomic E-state index is 12.6. The van der Waals surface area contributed by atoms with Crippen LogP contribution >= 0.6 is 11.8 Å². The van der Waals surface area contributed by atoms with E-state index in [2.05, 4.69) is 10.6 Å². The van der Waals surface area contributed by atoms with Gasteiger partial charge in [-0.3, -0.25) is 9.59 Å². The number of hydrogen-bond acceptors (Lipinski definition) is 4. The summed E-state index contributed by atoms with van der Waals surface area (Å²) >= 11 is 1.36. The van der Waals surface area contributed by atoms with Gasteiger partial charge in [0.05, 0.1) is 11.3 Å². The number of carbonyl (C=O) groups excluding carboxylic acids is 2. The predicted octanol–water partition coefficient (Wildman–Crippen LogP) is 5.52. The number of thioether (sulfide) groups is 1. The van der Waals surface area contributed by atoms with Crippen LogP contribution in [-0.2, 0) is 4.79 Å². The molecular formula is C26H20N2O4S. The van der Waals surface area contributed by atoms with Crippen LogP contribution < -0.4 is 10.6 Å². The number of hydrogen-bond donors (Lipinski definition) is 3. The number of aromatic carboxylic acids is 1. The van der Waals surface area contributed by atoms with E-state index in [1.807, 2.05) is 48.5 Å². The lowest BCUT2D eigenvalue weighted by atomic mass is 10.1. The minimum atomic E-state index is -1.01. The van der Waals surface area contributed by atoms with Gasteiger partial charge in [0.1, 0.15) is 0 Å². The fourth-order valence-corrected chi connectivity index (χ4v) is 3.91. The van der Waals surface area contributed by atoms with Crippen molar-refractivity contribution in [2.45, 2.75) is 4.90 Å². The largest absolute Gasteiger partial charge is 0.478 e. The van der Waals surface area contributed by atoms with Crippen molar-refractivity contribution in [2.24, 2.45) is 0 Å². The first kappa shape index (κ1) is 22.1. The van der Waals surface area contributed by atoms with Gasteiger partial charge in [-0.15, -0.1) is 11.8 Å². The van der Waals surface area contributed by atoms with Gasteiger partial charge in [-0.05, 0) is 71.4 Å². The second-order valence-corrected chi connectivity index (χ2v) is 8.31. The molecule has 0 saturated heterocycles. The first-order valence-corrected chi connectivity index (χ1v) is 11.1. The highest BCUT2D eigenvalue weighted by atomic mass is 32.2. The molecule has 0 fully saturated rings. The maximum Gasteiger partial charge on any atom is 0.335 e. The van der Waals surface area contributed by atoms with Gasteiger partial charge in [0, 0.05) is 21.8 Å². The van der Waals surface area contributed by atoms with Crippen LogP contribution in [0.2, 0.25) is 0 Å². The lowest BCUT2D eigenvalue weighted by Crippen LogP contribution is -2.14. The Bertz CT molecular complexity index is 1320. The van der Waals surface area contributed by atoms with Crippen molar-refractivity contribution in [1.82, 2.24) is 0 Å². The van der Waals surface area contributed by atoms with Crippen LogP contribution in [0.4, 0.5) is 11.4 Å². The molecule has 0 saturated carbocycles. The molecule has 0 unspecified atom stereocenters. The van der Waals surface area contributed by atoms with Crippen LogP contribution in [0.5, 0.6) is 0 Å². The van der Waals surface area contributed by atoms with E-state index >= 15 is 0 Å². The molecule has 0 aliphatic rings. The fraction of sp³-hybridized carbons (Fsp3) is 0.0385. The standard InChI is InChI=1S/C26H20N2O4S/c29-24(27-21-9-7-18(8-10-21)26(31)32)16-33-23-13-11-22(12-14-23)28-25(30)20-6-5-17-3-1-2-4-19(17)15-20/h1-15H,16H2,(H,27,29)(H,28,30)(H,31,32). The van der Waals surface area contributed by atoms with E-state index in [4.69, 9.17) is 5.11 Å². The minimum absolute atomic E-state index is 0.162. The normalized spacial score (nSPS) is 10.5. The zero-order valence-electron chi connectivity index (χ0n) is 17.4. The average molecular weight is 457 g/mol. The Hall–Kier alpha value is -4.10. The van der Waals surface area contributed by atoms with Crippen molar-refractivity contribution in [2.75, 3.05) is 16.4 Å². The predicted molar refractivity (Wildman–Crippen MR) is 131 cm³/mol. The molecule has 0 heterocycles. The van der Waals surface area contributed by atoms with Crippen LogP contribution in [0, 0.1) is 0 Å². The molecule has 0 aliphatic carbocycles. The third-order valence-corrected chi connectivity index (χ3v) is 5.92. The number of amides is 2. The van der Waals surface area contributed by atoms with Gasteiger partial charge in [-0.2, -0.15) is 0 Å². The van der Waals surface area contributed by atoms with E-state index < -0.39 is 5.97 Å². The number of nitrogens with one attached hydrogen (secondary N) is 2. The van der Waals surface area contributed by atoms with Crippen LogP contribution in [0.15, 0.2) is 95.9 Å². The molecule has 4 aromatic carbocycles. The second-order valence-electron chi connectivity index (χ2n) is 7.26. The Morgan fingerprint density at radius 1 is 0.697 bits per heavy atom. The Balaban J connectivity index is 1.29. The molecule has 3 N–H and O–H groups in total. The summed E-state index contributed by atoms with van der Waals surface area (Å²) in [6.45, 7) is 0. The first-order valence-electron chi connectivity index (χ1n) is 10.1. The Morgan fingerprint density at radius 3 is 2.00 bits per heavy atom. The number of rotatable bonds is 7. The van der Waals surface area contributed by atoms with Gasteiger partial charge in [0.2, 0.25) is 5.91 Å². The van der Waals surface area contributed by atoms with E-state index in [0.717, 1.165) is 15.7 Å². The van der Waals surface area contributed by atoms with Gasteiger partial charge in [-0.1, -0.05) is 30.3 Å². The summed E-state index contributed by atoms with van der Waals surface area (Å²) in [6.07, 6.45) is 0. The van der Waals surface area contributed by atoms with Gasteiger partial charge in [0.25, 0.3) is 5.91 Å². The summed E-state index contributed by atoms with van der Waals surface area (Å²) in [6, 6.07) is 26.7. The number of carboxylic acid groups (broad SMARTS) is 1. The summed E-state index contributed by atoms with van der Waals surface area (Å²) in [5.74, 6) is -1.20. The van der Waals surface area contributed by atoms with Crippen molar-refractivity contribution in [3.8, 4) is 0 Å². The smallest absolute Gasteiger partial charge is 0.335 e. The van der Waals surface area contributed by atoms with Crippen molar-refractivity contribution in [3.05, 3.63) is 102 Å². The summed E-state index contributed by atoms with van der Waals surface area (Å²) < 4.78 is 0. The van der Waals surface area contributed by atoms with E-state index in [-0.39, 0.29) is 23.1 Å². The quantitative estimate of drug-likeness (QED) is 0.318. The molecule has 0 aliphatic heterocycles. The summed E-state index contributed by atoms with van der Waals surface area (Å²) in [5, 5.41) is 16.6. The first-order chi connectivity index (χ1) is 16.0. The SMILES string of the molecule is O=C(CSc1ccc(NC(=O)c2ccc3ccccc3c2)cc1)Nc1ccc(C(=O)O)cc1. The number of carboxylic acids is 1. The topological polar surface area (TPSA) is 95.5 Å². The zero-order chi connectivity index (χ0) is 23.2. The summed E-state index contributed by atoms with van der Waals surface area (Å²) in [5.41, 5.74) is 1.95. The molecule has 6 nitrogen and oxygen atoms in total.